The van der Waals surface area contributed by atoms with E-state index in [4.69, 9.17) is 10.2 Å². The maximum absolute atomic E-state index is 13.5. The highest BCUT2D eigenvalue weighted by molar-refractivity contribution is 5.89. The molecule has 2 aliphatic rings. The van der Waals surface area contributed by atoms with Crippen molar-refractivity contribution >= 4 is 11.9 Å². The van der Waals surface area contributed by atoms with Gasteiger partial charge in [0.1, 0.15) is 11.6 Å². The molecule has 0 amide bonds. The molecule has 8 nitrogen and oxygen atoms in total. The van der Waals surface area contributed by atoms with Gasteiger partial charge in [-0.25, -0.2) is 28.3 Å². The van der Waals surface area contributed by atoms with Crippen LogP contribution in [0.15, 0.2) is 49.3 Å². The molecule has 4 aromatic rings. The van der Waals surface area contributed by atoms with Crippen LogP contribution in [0.4, 0.5) is 8.78 Å². The Bertz CT molecular complexity index is 1490. The highest BCUT2D eigenvalue weighted by atomic mass is 19.1. The van der Waals surface area contributed by atoms with Crippen molar-refractivity contribution in [1.29, 1.82) is 0 Å². The van der Waals surface area contributed by atoms with Crippen molar-refractivity contribution in [1.82, 2.24) is 19.5 Å². The topological polar surface area (TPSA) is 121 Å². The number of carboxylic acid groups (broad SMARTS) is 2. The van der Waals surface area contributed by atoms with Crippen LogP contribution in [0.25, 0.3) is 5.69 Å². The van der Waals surface area contributed by atoms with Gasteiger partial charge in [0.15, 0.2) is 0 Å². The first-order valence-corrected chi connectivity index (χ1v) is 12.6. The predicted molar refractivity (Wildman–Crippen MR) is 141 cm³/mol. The van der Waals surface area contributed by atoms with Gasteiger partial charge in [-0.2, -0.15) is 0 Å². The minimum atomic E-state index is -1.26. The zero-order valence-electron chi connectivity index (χ0n) is 21.9. The molecule has 2 heterocycles. The molecule has 0 saturated heterocycles. The highest BCUT2D eigenvalue weighted by Crippen LogP contribution is 2.39. The summed E-state index contributed by atoms with van der Waals surface area (Å²) in [5.74, 6) is -2.53. The number of carboxylic acids is 2. The van der Waals surface area contributed by atoms with Gasteiger partial charge in [0, 0.05) is 29.9 Å². The Morgan fingerprint density at radius 1 is 0.872 bits per heavy atom. The summed E-state index contributed by atoms with van der Waals surface area (Å²) in [5.41, 5.74) is 4.62. The average Bonchev–Trinajstić information content (AvgIpc) is 3.81. The van der Waals surface area contributed by atoms with Gasteiger partial charge in [-0.05, 0) is 87.4 Å². The Kier molecular flexibility index (Phi) is 8.23. The van der Waals surface area contributed by atoms with Gasteiger partial charge in [-0.1, -0.05) is 0 Å². The molecule has 0 spiro atoms. The number of benzene rings is 2. The average molecular weight is 537 g/mol. The number of aromatic nitrogens is 4. The second kappa shape index (κ2) is 11.6. The van der Waals surface area contributed by atoms with Crippen LogP contribution < -0.4 is 0 Å². The number of imidazole rings is 2. The summed E-state index contributed by atoms with van der Waals surface area (Å²) in [6.07, 6.45) is 12.2. The largest absolute Gasteiger partial charge is 0.478 e. The zero-order valence-corrected chi connectivity index (χ0v) is 21.9. The molecule has 0 aliphatic heterocycles. The van der Waals surface area contributed by atoms with Gasteiger partial charge in [0.25, 0.3) is 0 Å². The summed E-state index contributed by atoms with van der Waals surface area (Å²) < 4.78 is 28.2. The lowest BCUT2D eigenvalue weighted by atomic mass is 10.1. The van der Waals surface area contributed by atoms with E-state index in [9.17, 15) is 18.4 Å². The Morgan fingerprint density at radius 3 is 1.97 bits per heavy atom. The third kappa shape index (κ3) is 6.95. The fraction of sp³-hybridized carbons (Fsp3) is 0.310. The maximum atomic E-state index is 13.5. The molecular weight excluding hydrogens is 506 g/mol. The first kappa shape index (κ1) is 27.7. The second-order valence-electron chi connectivity index (χ2n) is 9.91. The molecule has 2 fully saturated rings. The molecule has 0 atom stereocenters. The first-order valence-electron chi connectivity index (χ1n) is 12.6. The quantitative estimate of drug-likeness (QED) is 0.274. The Balaban J connectivity index is 0.000000150. The lowest BCUT2D eigenvalue weighted by Crippen LogP contribution is -2.04. The second-order valence-corrected chi connectivity index (χ2v) is 9.91. The van der Waals surface area contributed by atoms with Gasteiger partial charge >= 0.3 is 11.9 Å². The molecule has 3 N–H and O–H groups in total. The van der Waals surface area contributed by atoms with E-state index < -0.39 is 23.6 Å². The minimum absolute atomic E-state index is 0.266. The first-order chi connectivity index (χ1) is 18.5. The van der Waals surface area contributed by atoms with Crippen molar-refractivity contribution < 1.29 is 28.6 Å². The van der Waals surface area contributed by atoms with Gasteiger partial charge < -0.3 is 19.8 Å². The van der Waals surface area contributed by atoms with E-state index in [0.717, 1.165) is 35.6 Å². The van der Waals surface area contributed by atoms with Crippen molar-refractivity contribution in [3.8, 4) is 5.69 Å². The van der Waals surface area contributed by atoms with E-state index in [1.165, 1.54) is 42.8 Å². The van der Waals surface area contributed by atoms with Crippen molar-refractivity contribution in [2.45, 2.75) is 58.3 Å². The van der Waals surface area contributed by atoms with Crippen molar-refractivity contribution in [2.75, 3.05) is 0 Å². The van der Waals surface area contributed by atoms with Crippen molar-refractivity contribution in [3.05, 3.63) is 100 Å². The van der Waals surface area contributed by atoms with Crippen LogP contribution in [-0.2, 0) is 0 Å². The Hall–Kier alpha value is -4.34. The summed E-state index contributed by atoms with van der Waals surface area (Å²) >= 11 is 0. The molecule has 2 aromatic heterocycles. The molecule has 0 bridgehead atoms. The molecule has 0 unspecified atom stereocenters. The zero-order chi connectivity index (χ0) is 28.3. The van der Waals surface area contributed by atoms with E-state index in [0.29, 0.717) is 17.2 Å². The third-order valence-corrected chi connectivity index (χ3v) is 6.74. The number of aromatic carboxylic acids is 2. The number of aromatic amines is 1. The molecule has 2 saturated carbocycles. The van der Waals surface area contributed by atoms with Gasteiger partial charge in [0.2, 0.25) is 0 Å². The number of hydrogen-bond acceptors (Lipinski definition) is 4. The van der Waals surface area contributed by atoms with Crippen molar-refractivity contribution in [3.63, 3.8) is 0 Å². The molecule has 204 valence electrons. The number of aryl methyl sites for hydroxylation is 3. The summed E-state index contributed by atoms with van der Waals surface area (Å²) in [6.45, 7) is 5.24. The lowest BCUT2D eigenvalue weighted by Gasteiger charge is -2.08. The fourth-order valence-electron chi connectivity index (χ4n) is 3.99. The molecule has 2 aromatic carbocycles. The van der Waals surface area contributed by atoms with Crippen LogP contribution in [0.2, 0.25) is 0 Å². The molecular formula is C29H30F2N4O4. The SMILES string of the molecule is Cc1cc(F)c(C(=O)O)cc1-n1cnc(C2CC2)c1.Cc1cc(F)c(C(=O)O)cc1C.c1ncc(C2CC2)[nH]1. The summed E-state index contributed by atoms with van der Waals surface area (Å²) in [7, 11) is 0. The Labute approximate surface area is 224 Å². The van der Waals surface area contributed by atoms with Crippen LogP contribution in [0.5, 0.6) is 0 Å². The summed E-state index contributed by atoms with van der Waals surface area (Å²) in [4.78, 5) is 32.8. The number of H-pyrrole nitrogens is 1. The summed E-state index contributed by atoms with van der Waals surface area (Å²) in [6, 6.07) is 5.17. The van der Waals surface area contributed by atoms with E-state index >= 15 is 0 Å². The minimum Gasteiger partial charge on any atom is -0.478 e. The van der Waals surface area contributed by atoms with E-state index in [1.807, 2.05) is 12.4 Å². The van der Waals surface area contributed by atoms with Gasteiger partial charge in [0.05, 0.1) is 35.2 Å². The standard InChI is InChI=1S/C14H13FN2O2.C9H9FO2.C6H8N2/c1-8-4-11(15)10(14(18)19)5-13(8)17-6-12(16-7-17)9-2-3-9;1-5-3-7(9(11)12)8(10)4-6(5)2;1-2-5(1)6-3-7-4-8-6/h4-7,9H,2-3H2,1H3,(H,18,19);3-4H,1-2H3,(H,11,12);3-5H,1-2H2,(H,7,8). The number of nitrogens with zero attached hydrogens (tertiary/aromatic N) is 3. The monoisotopic (exact) mass is 536 g/mol. The van der Waals surface area contributed by atoms with Gasteiger partial charge in [-0.3, -0.25) is 0 Å². The van der Waals surface area contributed by atoms with Crippen LogP contribution in [-0.4, -0.2) is 41.7 Å². The predicted octanol–water partition coefficient (Wildman–Crippen LogP) is 6.32. The maximum Gasteiger partial charge on any atom is 0.338 e. The van der Waals surface area contributed by atoms with Gasteiger partial charge in [-0.15, -0.1) is 0 Å². The number of nitrogens with one attached hydrogen (secondary N) is 1. The summed E-state index contributed by atoms with van der Waals surface area (Å²) in [5, 5.41) is 17.5. The van der Waals surface area contributed by atoms with Crippen LogP contribution in [0.1, 0.15) is 86.3 Å². The smallest absolute Gasteiger partial charge is 0.338 e. The number of halogens is 2. The van der Waals surface area contributed by atoms with E-state index in [-0.39, 0.29) is 11.1 Å². The highest BCUT2D eigenvalue weighted by Gasteiger charge is 2.26. The normalized spacial score (nSPS) is 14.1. The van der Waals surface area contributed by atoms with E-state index in [1.54, 1.807) is 38.0 Å². The van der Waals surface area contributed by atoms with Crippen LogP contribution in [0.3, 0.4) is 0 Å². The third-order valence-electron chi connectivity index (χ3n) is 6.74. The van der Waals surface area contributed by atoms with Crippen LogP contribution in [0, 0.1) is 32.4 Å². The molecule has 10 heteroatoms. The molecule has 0 radical (unpaired) electrons. The molecule has 6 rings (SSSR count). The van der Waals surface area contributed by atoms with Crippen molar-refractivity contribution in [2.24, 2.45) is 0 Å². The molecule has 39 heavy (non-hydrogen) atoms. The fourth-order valence-corrected chi connectivity index (χ4v) is 3.99. The number of carbonyl (C=O) groups is 2. The van der Waals surface area contributed by atoms with Crippen LogP contribution >= 0.6 is 0 Å². The lowest BCUT2D eigenvalue weighted by molar-refractivity contribution is 0.0680. The Morgan fingerprint density at radius 2 is 1.44 bits per heavy atom. The number of hydrogen-bond donors (Lipinski definition) is 3. The van der Waals surface area contributed by atoms with E-state index in [2.05, 4.69) is 15.0 Å². The molecule has 2 aliphatic carbocycles. The number of rotatable bonds is 5.